The van der Waals surface area contributed by atoms with E-state index in [0.717, 1.165) is 44.5 Å². The molecule has 2 aromatic rings. The Hall–Kier alpha value is -2.69. The molecule has 4 saturated heterocycles. The van der Waals surface area contributed by atoms with Crippen molar-refractivity contribution in [1.82, 2.24) is 20.2 Å². The maximum atomic E-state index is 13.5. The van der Waals surface area contributed by atoms with Gasteiger partial charge in [-0.2, -0.15) is 0 Å². The minimum Gasteiger partial charge on any atom is -0.363 e. The highest BCUT2D eigenvalue weighted by molar-refractivity contribution is 5.80. The zero-order chi connectivity index (χ0) is 26.2. The lowest BCUT2D eigenvalue weighted by Crippen LogP contribution is -2.61. The Morgan fingerprint density at radius 3 is 2.41 bits per heavy atom. The lowest BCUT2D eigenvalue weighted by atomic mass is 9.80. The minimum absolute atomic E-state index is 0.0120. The summed E-state index contributed by atoms with van der Waals surface area (Å²) in [6, 6.07) is 4.59. The molecule has 4 fully saturated rings. The van der Waals surface area contributed by atoms with Gasteiger partial charge in [0, 0.05) is 30.7 Å². The standard InChI is InChI=1S/C27H35F2N5O3/c1-16-19(5-4-6-20(16)24(28)29)17(2)30-25-23(26-36-13-14-37-26)21(31-18(3)32-25)15-22(35)33-27-7-10-34(11-8-27)12-9-27/h4-6,17,24,26H,7-15H2,1-3H3,(H,33,35)(H,30,31,32)/t17-/m1/s1. The Bertz CT molecular complexity index is 1130. The number of rotatable bonds is 8. The molecule has 5 heterocycles. The summed E-state index contributed by atoms with van der Waals surface area (Å²) in [5.74, 6) is 0.911. The number of hydrogen-bond donors (Lipinski definition) is 2. The van der Waals surface area contributed by atoms with Crippen LogP contribution in [0.5, 0.6) is 0 Å². The van der Waals surface area contributed by atoms with Crippen molar-refractivity contribution in [2.45, 2.75) is 70.8 Å². The van der Waals surface area contributed by atoms with Crippen molar-refractivity contribution in [2.24, 2.45) is 0 Å². The number of hydrogen-bond acceptors (Lipinski definition) is 7. The van der Waals surface area contributed by atoms with E-state index in [2.05, 4.69) is 25.5 Å². The van der Waals surface area contributed by atoms with Crippen LogP contribution in [0.25, 0.3) is 0 Å². The Morgan fingerprint density at radius 2 is 1.76 bits per heavy atom. The largest absolute Gasteiger partial charge is 0.363 e. The van der Waals surface area contributed by atoms with E-state index in [0.29, 0.717) is 41.7 Å². The van der Waals surface area contributed by atoms with Crippen LogP contribution in [-0.2, 0) is 20.7 Å². The molecular weight excluding hydrogens is 480 g/mol. The van der Waals surface area contributed by atoms with E-state index in [1.54, 1.807) is 19.9 Å². The van der Waals surface area contributed by atoms with E-state index >= 15 is 0 Å². The highest BCUT2D eigenvalue weighted by Gasteiger charge is 2.40. The number of halogens is 2. The Kier molecular flexibility index (Phi) is 7.42. The lowest BCUT2D eigenvalue weighted by molar-refractivity contribution is -0.124. The molecule has 2 N–H and O–H groups in total. The second-order valence-corrected chi connectivity index (χ2v) is 10.4. The molecule has 1 aromatic carbocycles. The summed E-state index contributed by atoms with van der Waals surface area (Å²) in [4.78, 5) is 25.0. The summed E-state index contributed by atoms with van der Waals surface area (Å²) < 4.78 is 38.7. The molecule has 6 rings (SSSR count). The first-order chi connectivity index (χ1) is 17.7. The van der Waals surface area contributed by atoms with Crippen LogP contribution in [0, 0.1) is 13.8 Å². The zero-order valence-corrected chi connectivity index (χ0v) is 21.7. The summed E-state index contributed by atoms with van der Waals surface area (Å²) >= 11 is 0. The van der Waals surface area contributed by atoms with E-state index in [1.807, 2.05) is 13.0 Å². The van der Waals surface area contributed by atoms with Crippen molar-refractivity contribution in [1.29, 1.82) is 0 Å². The quantitative estimate of drug-likeness (QED) is 0.546. The molecule has 37 heavy (non-hydrogen) atoms. The van der Waals surface area contributed by atoms with Crippen LogP contribution in [0.4, 0.5) is 14.6 Å². The van der Waals surface area contributed by atoms with Gasteiger partial charge in [-0.15, -0.1) is 0 Å². The number of nitrogens with zero attached hydrogens (tertiary/aromatic N) is 3. The zero-order valence-electron chi connectivity index (χ0n) is 21.7. The first kappa shape index (κ1) is 25.9. The predicted molar refractivity (Wildman–Crippen MR) is 134 cm³/mol. The molecule has 4 aliphatic heterocycles. The van der Waals surface area contributed by atoms with Crippen LogP contribution in [0.3, 0.4) is 0 Å². The number of aromatic nitrogens is 2. The van der Waals surface area contributed by atoms with Crippen LogP contribution in [0.2, 0.25) is 0 Å². The summed E-state index contributed by atoms with van der Waals surface area (Å²) in [6.45, 7) is 9.27. The molecule has 8 nitrogen and oxygen atoms in total. The first-order valence-corrected chi connectivity index (χ1v) is 13.0. The highest BCUT2D eigenvalue weighted by Crippen LogP contribution is 2.36. The van der Waals surface area contributed by atoms with Crippen molar-refractivity contribution in [3.63, 3.8) is 0 Å². The molecule has 0 radical (unpaired) electrons. The fourth-order valence-electron chi connectivity index (χ4n) is 5.82. The highest BCUT2D eigenvalue weighted by atomic mass is 19.3. The van der Waals surface area contributed by atoms with Gasteiger partial charge in [0.05, 0.1) is 36.9 Å². The molecular formula is C27H35F2N5O3. The molecule has 4 aliphatic rings. The average Bonchev–Trinajstić information content (AvgIpc) is 3.39. The number of aryl methyl sites for hydroxylation is 1. The minimum atomic E-state index is -2.55. The fraction of sp³-hybridized carbons (Fsp3) is 0.593. The van der Waals surface area contributed by atoms with Crippen molar-refractivity contribution in [2.75, 3.05) is 38.2 Å². The van der Waals surface area contributed by atoms with Gasteiger partial charge in [0.15, 0.2) is 6.29 Å². The summed E-state index contributed by atoms with van der Waals surface area (Å²) in [5, 5.41) is 6.70. The number of benzene rings is 1. The maximum absolute atomic E-state index is 13.5. The van der Waals surface area contributed by atoms with E-state index < -0.39 is 12.7 Å². The molecule has 10 heteroatoms. The van der Waals surface area contributed by atoms with Gasteiger partial charge in [-0.25, -0.2) is 18.7 Å². The number of ether oxygens (including phenoxy) is 2. The number of anilines is 1. The third kappa shape index (κ3) is 5.46. The topological polar surface area (TPSA) is 88.6 Å². The second kappa shape index (κ2) is 10.6. The number of piperidine rings is 3. The van der Waals surface area contributed by atoms with Gasteiger partial charge in [0.25, 0.3) is 6.43 Å². The maximum Gasteiger partial charge on any atom is 0.264 e. The Morgan fingerprint density at radius 1 is 1.11 bits per heavy atom. The van der Waals surface area contributed by atoms with E-state index in [1.165, 1.54) is 6.07 Å². The predicted octanol–water partition coefficient (Wildman–Crippen LogP) is 4.15. The Balaban J connectivity index is 1.42. The number of carbonyl (C=O) groups is 1. The number of alkyl halides is 2. The number of amides is 1. The second-order valence-electron chi connectivity index (χ2n) is 10.4. The van der Waals surface area contributed by atoms with Crippen LogP contribution in [0.1, 0.15) is 78.7 Å². The van der Waals surface area contributed by atoms with Crippen LogP contribution in [0.15, 0.2) is 18.2 Å². The van der Waals surface area contributed by atoms with Crippen molar-refractivity contribution in [3.8, 4) is 0 Å². The van der Waals surface area contributed by atoms with E-state index in [9.17, 15) is 13.6 Å². The SMILES string of the molecule is Cc1nc(CC(=O)NC23CCN(CC2)CC3)c(C2OCCO2)c(N[C@H](C)c2cccc(C(F)F)c2C)n1. The summed E-state index contributed by atoms with van der Waals surface area (Å²) in [7, 11) is 0. The first-order valence-electron chi connectivity index (χ1n) is 13.0. The van der Waals surface area contributed by atoms with Gasteiger partial charge >= 0.3 is 0 Å². The van der Waals surface area contributed by atoms with Gasteiger partial charge in [0.1, 0.15) is 11.6 Å². The van der Waals surface area contributed by atoms with E-state index in [4.69, 9.17) is 9.47 Å². The smallest absolute Gasteiger partial charge is 0.264 e. The molecule has 1 amide bonds. The molecule has 1 atom stereocenters. The van der Waals surface area contributed by atoms with Gasteiger partial charge in [-0.05, 0) is 51.2 Å². The molecule has 0 aliphatic carbocycles. The molecule has 1 aromatic heterocycles. The van der Waals surface area contributed by atoms with Gasteiger partial charge in [-0.3, -0.25) is 4.79 Å². The molecule has 0 unspecified atom stereocenters. The van der Waals surface area contributed by atoms with Crippen molar-refractivity contribution in [3.05, 3.63) is 52.0 Å². The third-order valence-electron chi connectivity index (χ3n) is 7.92. The monoisotopic (exact) mass is 515 g/mol. The van der Waals surface area contributed by atoms with Gasteiger partial charge < -0.3 is 25.0 Å². The summed E-state index contributed by atoms with van der Waals surface area (Å²) in [5.41, 5.74) is 2.29. The van der Waals surface area contributed by atoms with Crippen molar-refractivity contribution >= 4 is 11.7 Å². The molecule has 0 saturated carbocycles. The Labute approximate surface area is 216 Å². The lowest BCUT2D eigenvalue weighted by Gasteiger charge is -2.48. The van der Waals surface area contributed by atoms with Crippen LogP contribution < -0.4 is 10.6 Å². The van der Waals surface area contributed by atoms with Crippen LogP contribution in [-0.4, -0.2) is 59.2 Å². The van der Waals surface area contributed by atoms with Crippen LogP contribution >= 0.6 is 0 Å². The van der Waals surface area contributed by atoms with Crippen molar-refractivity contribution < 1.29 is 23.0 Å². The third-order valence-corrected chi connectivity index (χ3v) is 7.92. The van der Waals surface area contributed by atoms with E-state index in [-0.39, 0.29) is 29.5 Å². The normalized spacial score (nSPS) is 24.4. The fourth-order valence-corrected chi connectivity index (χ4v) is 5.82. The number of nitrogens with one attached hydrogen (secondary N) is 2. The number of carbonyl (C=O) groups excluding carboxylic acids is 1. The average molecular weight is 516 g/mol. The molecule has 0 spiro atoms. The van der Waals surface area contributed by atoms with Gasteiger partial charge in [0.2, 0.25) is 5.91 Å². The summed E-state index contributed by atoms with van der Waals surface area (Å²) in [6.07, 6.45) is -0.288. The molecule has 200 valence electrons. The molecule has 2 bridgehead atoms. The number of fused-ring (bicyclic) bond motifs is 3. The van der Waals surface area contributed by atoms with Gasteiger partial charge in [-0.1, -0.05) is 18.2 Å².